The van der Waals surface area contributed by atoms with Gasteiger partial charge in [0.1, 0.15) is 5.78 Å². The van der Waals surface area contributed by atoms with Crippen LogP contribution in [0, 0.1) is 11.8 Å². The third-order valence-electron chi connectivity index (χ3n) is 3.95. The minimum atomic E-state index is 0.422. The molecule has 2 fully saturated rings. The Morgan fingerprint density at radius 1 is 1.25 bits per heavy atom. The van der Waals surface area contributed by atoms with Gasteiger partial charge in [-0.1, -0.05) is 20.3 Å². The second-order valence-electron chi connectivity index (χ2n) is 5.88. The van der Waals surface area contributed by atoms with E-state index in [0.29, 0.717) is 11.7 Å². The quantitative estimate of drug-likeness (QED) is 0.721. The lowest BCUT2D eigenvalue weighted by Crippen LogP contribution is -2.24. The third-order valence-corrected chi connectivity index (χ3v) is 5.58. The molecule has 0 aromatic carbocycles. The Morgan fingerprint density at radius 2 is 1.88 bits per heavy atom. The van der Waals surface area contributed by atoms with Crippen LogP contribution in [-0.4, -0.2) is 16.3 Å². The van der Waals surface area contributed by atoms with E-state index >= 15 is 0 Å². The van der Waals surface area contributed by atoms with E-state index in [1.165, 1.54) is 32.1 Å². The molecule has 2 bridgehead atoms. The van der Waals surface area contributed by atoms with Gasteiger partial charge in [0.05, 0.1) is 0 Å². The Hall–Kier alpha value is 0.0200. The SMILES string of the molecule is CC(C)CCCC(=O)C1CC2CCC(C1)S2. The summed E-state index contributed by atoms with van der Waals surface area (Å²) < 4.78 is 0. The molecule has 0 aromatic heterocycles. The van der Waals surface area contributed by atoms with Crippen molar-refractivity contribution in [2.75, 3.05) is 0 Å². The van der Waals surface area contributed by atoms with Gasteiger partial charge in [0, 0.05) is 22.8 Å². The molecule has 16 heavy (non-hydrogen) atoms. The molecule has 1 nitrogen and oxygen atoms in total. The molecule has 0 aromatic rings. The van der Waals surface area contributed by atoms with Gasteiger partial charge >= 0.3 is 0 Å². The predicted octanol–water partition coefficient (Wildman–Crippen LogP) is 4.06. The molecule has 2 aliphatic heterocycles. The van der Waals surface area contributed by atoms with Crippen LogP contribution in [0.5, 0.6) is 0 Å². The van der Waals surface area contributed by atoms with Gasteiger partial charge in [-0.05, 0) is 38.0 Å². The summed E-state index contributed by atoms with van der Waals surface area (Å²) in [5, 5.41) is 1.63. The van der Waals surface area contributed by atoms with E-state index in [-0.39, 0.29) is 0 Å². The monoisotopic (exact) mass is 240 g/mol. The molecule has 0 radical (unpaired) electrons. The highest BCUT2D eigenvalue weighted by molar-refractivity contribution is 8.00. The van der Waals surface area contributed by atoms with Crippen molar-refractivity contribution in [2.45, 2.75) is 69.3 Å². The summed E-state index contributed by atoms with van der Waals surface area (Å²) in [6.45, 7) is 4.48. The van der Waals surface area contributed by atoms with Gasteiger partial charge in [-0.25, -0.2) is 0 Å². The number of ketones is 1. The van der Waals surface area contributed by atoms with Crippen LogP contribution in [0.25, 0.3) is 0 Å². The maximum absolute atomic E-state index is 12.1. The first-order valence-corrected chi connectivity index (χ1v) is 7.77. The predicted molar refractivity (Wildman–Crippen MR) is 70.8 cm³/mol. The van der Waals surface area contributed by atoms with Crippen molar-refractivity contribution in [2.24, 2.45) is 11.8 Å². The Labute approximate surface area is 104 Å². The number of hydrogen-bond acceptors (Lipinski definition) is 2. The average molecular weight is 240 g/mol. The molecule has 0 saturated carbocycles. The lowest BCUT2D eigenvalue weighted by Gasteiger charge is -2.26. The topological polar surface area (TPSA) is 17.1 Å². The van der Waals surface area contributed by atoms with Crippen molar-refractivity contribution < 1.29 is 4.79 Å². The van der Waals surface area contributed by atoms with Crippen LogP contribution in [0.4, 0.5) is 0 Å². The zero-order valence-corrected chi connectivity index (χ0v) is 11.4. The van der Waals surface area contributed by atoms with Crippen LogP contribution in [0.3, 0.4) is 0 Å². The molecule has 2 atom stereocenters. The van der Waals surface area contributed by atoms with Crippen LogP contribution >= 0.6 is 11.8 Å². The lowest BCUT2D eigenvalue weighted by molar-refractivity contribution is -0.123. The van der Waals surface area contributed by atoms with Crippen LogP contribution in [-0.2, 0) is 4.79 Å². The number of rotatable bonds is 5. The van der Waals surface area contributed by atoms with Crippen molar-refractivity contribution in [1.82, 2.24) is 0 Å². The van der Waals surface area contributed by atoms with Gasteiger partial charge in [-0.3, -0.25) is 4.79 Å². The molecule has 2 saturated heterocycles. The summed E-state index contributed by atoms with van der Waals surface area (Å²) in [7, 11) is 0. The minimum Gasteiger partial charge on any atom is -0.299 e. The zero-order valence-electron chi connectivity index (χ0n) is 10.6. The van der Waals surface area contributed by atoms with Crippen LogP contribution in [0.15, 0.2) is 0 Å². The summed E-state index contributed by atoms with van der Waals surface area (Å²) in [6, 6.07) is 0. The fourth-order valence-corrected chi connectivity index (χ4v) is 4.78. The summed E-state index contributed by atoms with van der Waals surface area (Å²) in [5.74, 6) is 1.73. The number of carbonyl (C=O) groups is 1. The molecule has 92 valence electrons. The van der Waals surface area contributed by atoms with E-state index < -0.39 is 0 Å². The summed E-state index contributed by atoms with van der Waals surface area (Å²) in [4.78, 5) is 12.1. The molecule has 2 heterocycles. The van der Waals surface area contributed by atoms with Gasteiger partial charge in [0.25, 0.3) is 0 Å². The first-order chi connectivity index (χ1) is 7.65. The number of Topliss-reactive ketones (excluding diaryl/α,β-unsaturated/α-hetero) is 1. The molecule has 0 spiro atoms. The van der Waals surface area contributed by atoms with Crippen molar-refractivity contribution in [3.63, 3.8) is 0 Å². The maximum atomic E-state index is 12.1. The van der Waals surface area contributed by atoms with E-state index in [2.05, 4.69) is 25.6 Å². The Morgan fingerprint density at radius 3 is 2.44 bits per heavy atom. The van der Waals surface area contributed by atoms with Crippen LogP contribution in [0.2, 0.25) is 0 Å². The van der Waals surface area contributed by atoms with Crippen LogP contribution < -0.4 is 0 Å². The number of hydrogen-bond donors (Lipinski definition) is 0. The summed E-state index contributed by atoms with van der Waals surface area (Å²) in [6.07, 6.45) is 8.25. The highest BCUT2D eigenvalue weighted by Crippen LogP contribution is 2.46. The van der Waals surface area contributed by atoms with Crippen molar-refractivity contribution in [3.05, 3.63) is 0 Å². The van der Waals surface area contributed by atoms with E-state index in [0.717, 1.165) is 29.3 Å². The lowest BCUT2D eigenvalue weighted by atomic mass is 9.91. The summed E-state index contributed by atoms with van der Waals surface area (Å²) >= 11 is 2.15. The second kappa shape index (κ2) is 5.57. The zero-order chi connectivity index (χ0) is 11.5. The molecule has 2 aliphatic rings. The smallest absolute Gasteiger partial charge is 0.136 e. The molecule has 0 amide bonds. The van der Waals surface area contributed by atoms with E-state index in [4.69, 9.17) is 0 Å². The second-order valence-corrected chi connectivity index (χ2v) is 7.48. The minimum absolute atomic E-state index is 0.422. The fraction of sp³-hybridized carbons (Fsp3) is 0.929. The highest BCUT2D eigenvalue weighted by atomic mass is 32.2. The Bertz CT molecular complexity index is 237. The number of carbonyl (C=O) groups excluding carboxylic acids is 1. The van der Waals surface area contributed by atoms with E-state index in [1.54, 1.807) is 0 Å². The third kappa shape index (κ3) is 3.26. The van der Waals surface area contributed by atoms with Gasteiger partial charge < -0.3 is 0 Å². The summed E-state index contributed by atoms with van der Waals surface area (Å²) in [5.41, 5.74) is 0. The first-order valence-electron chi connectivity index (χ1n) is 6.83. The first kappa shape index (κ1) is 12.5. The molecule has 2 rings (SSSR count). The molecular formula is C14H24OS. The normalized spacial score (nSPS) is 33.3. The largest absolute Gasteiger partial charge is 0.299 e. The number of fused-ring (bicyclic) bond motifs is 2. The van der Waals surface area contributed by atoms with Crippen LogP contribution in [0.1, 0.15) is 58.8 Å². The number of thioether (sulfide) groups is 1. The molecule has 2 heteroatoms. The average Bonchev–Trinajstić information content (AvgIpc) is 2.57. The van der Waals surface area contributed by atoms with E-state index in [1.807, 2.05) is 0 Å². The van der Waals surface area contributed by atoms with Gasteiger partial charge in [0.15, 0.2) is 0 Å². The van der Waals surface area contributed by atoms with Gasteiger partial charge in [-0.2, -0.15) is 11.8 Å². The highest BCUT2D eigenvalue weighted by Gasteiger charge is 2.37. The van der Waals surface area contributed by atoms with Gasteiger partial charge in [-0.15, -0.1) is 0 Å². The molecule has 0 aliphatic carbocycles. The van der Waals surface area contributed by atoms with Crippen molar-refractivity contribution >= 4 is 17.5 Å². The van der Waals surface area contributed by atoms with Crippen molar-refractivity contribution in [3.8, 4) is 0 Å². The Kier molecular flexibility index (Phi) is 4.34. The van der Waals surface area contributed by atoms with Gasteiger partial charge in [0.2, 0.25) is 0 Å². The maximum Gasteiger partial charge on any atom is 0.136 e. The standard InChI is InChI=1S/C14H24OS/c1-10(2)4-3-5-14(15)11-8-12-6-7-13(9-11)16-12/h10-13H,3-9H2,1-2H3. The Balaban J connectivity index is 1.73. The van der Waals surface area contributed by atoms with E-state index in [9.17, 15) is 4.79 Å². The fourth-order valence-electron chi connectivity index (χ4n) is 3.01. The van der Waals surface area contributed by atoms with Crippen molar-refractivity contribution in [1.29, 1.82) is 0 Å². The molecule has 2 unspecified atom stereocenters. The molecular weight excluding hydrogens is 216 g/mol. The molecule has 0 N–H and O–H groups in total.